The summed E-state index contributed by atoms with van der Waals surface area (Å²) in [6.45, 7) is 0. The second kappa shape index (κ2) is 4.29. The molecule has 0 amide bonds. The Hall–Kier alpha value is -2.59. The molecule has 0 spiro atoms. The van der Waals surface area contributed by atoms with Gasteiger partial charge in [-0.25, -0.2) is 4.98 Å². The summed E-state index contributed by atoms with van der Waals surface area (Å²) in [5, 5.41) is 3.27. The summed E-state index contributed by atoms with van der Waals surface area (Å²) in [6.07, 6.45) is 0. The fraction of sp³-hybridized carbons (Fsp3) is 0. The number of aromatic nitrogens is 2. The Balaban J connectivity index is 2.58. The van der Waals surface area contributed by atoms with E-state index in [4.69, 9.17) is 5.53 Å². The van der Waals surface area contributed by atoms with Gasteiger partial charge in [-0.15, -0.1) is 0 Å². The zero-order valence-electron chi connectivity index (χ0n) is 8.16. The van der Waals surface area contributed by atoms with E-state index in [1.165, 1.54) is 6.07 Å². The molecule has 0 radical (unpaired) electrons. The lowest BCUT2D eigenvalue weighted by molar-refractivity contribution is 1.09. The van der Waals surface area contributed by atoms with Crippen molar-refractivity contribution in [2.45, 2.75) is 0 Å². The molecule has 1 N–H and O–H groups in total. The van der Waals surface area contributed by atoms with Gasteiger partial charge in [0.25, 0.3) is 5.56 Å². The molecule has 6 heteroatoms. The Morgan fingerprint density at radius 1 is 1.31 bits per heavy atom. The highest BCUT2D eigenvalue weighted by molar-refractivity contribution is 5.59. The minimum atomic E-state index is -0.351. The van der Waals surface area contributed by atoms with Crippen LogP contribution in [0.3, 0.4) is 0 Å². The van der Waals surface area contributed by atoms with E-state index < -0.39 is 0 Å². The maximum atomic E-state index is 11.3. The largest absolute Gasteiger partial charge is 0.305 e. The minimum absolute atomic E-state index is 0.0335. The van der Waals surface area contributed by atoms with Crippen LogP contribution in [0.1, 0.15) is 0 Å². The predicted molar refractivity (Wildman–Crippen MR) is 59.1 cm³/mol. The first-order chi connectivity index (χ1) is 7.79. The molecule has 78 valence electrons. The van der Waals surface area contributed by atoms with E-state index >= 15 is 0 Å². The minimum Gasteiger partial charge on any atom is -0.305 e. The molecule has 0 bridgehead atoms. The molecule has 1 aromatic heterocycles. The molecule has 0 saturated heterocycles. The lowest BCUT2D eigenvalue weighted by atomic mass is 10.1. The number of hydrogen-bond donors (Lipinski definition) is 1. The molecule has 0 aliphatic heterocycles. The molecule has 0 atom stereocenters. The summed E-state index contributed by atoms with van der Waals surface area (Å²) < 4.78 is 0. The number of rotatable bonds is 2. The van der Waals surface area contributed by atoms with E-state index in [0.29, 0.717) is 5.69 Å². The molecule has 1 aromatic carbocycles. The Kier molecular flexibility index (Phi) is 2.67. The van der Waals surface area contributed by atoms with Gasteiger partial charge in [-0.2, -0.15) is 0 Å². The summed E-state index contributed by atoms with van der Waals surface area (Å²) in [4.78, 5) is 20.2. The summed E-state index contributed by atoms with van der Waals surface area (Å²) in [7, 11) is 0. The van der Waals surface area contributed by atoms with Crippen molar-refractivity contribution >= 4 is 5.95 Å². The third-order valence-electron chi connectivity index (χ3n) is 1.94. The molecule has 2 rings (SSSR count). The van der Waals surface area contributed by atoms with Crippen LogP contribution in [0.25, 0.3) is 21.7 Å². The van der Waals surface area contributed by atoms with Crippen LogP contribution in [-0.4, -0.2) is 9.97 Å². The fourth-order valence-electron chi connectivity index (χ4n) is 1.29. The van der Waals surface area contributed by atoms with Crippen LogP contribution in [0, 0.1) is 0 Å². The Morgan fingerprint density at radius 3 is 2.75 bits per heavy atom. The topological polar surface area (TPSA) is 94.5 Å². The maximum Gasteiger partial charge on any atom is 0.251 e. The van der Waals surface area contributed by atoms with Crippen LogP contribution < -0.4 is 5.56 Å². The van der Waals surface area contributed by atoms with Crippen molar-refractivity contribution in [2.24, 2.45) is 5.11 Å². The van der Waals surface area contributed by atoms with Gasteiger partial charge in [-0.1, -0.05) is 30.3 Å². The molecule has 2 aromatic rings. The highest BCUT2D eigenvalue weighted by Gasteiger charge is 2.01. The van der Waals surface area contributed by atoms with E-state index in [1.807, 2.05) is 30.3 Å². The normalized spacial score (nSPS) is 9.50. The Labute approximate surface area is 90.2 Å². The van der Waals surface area contributed by atoms with Crippen LogP contribution in [0.15, 0.2) is 46.3 Å². The zero-order valence-corrected chi connectivity index (χ0v) is 8.16. The third-order valence-corrected chi connectivity index (χ3v) is 1.94. The number of benzene rings is 1. The zero-order chi connectivity index (χ0) is 11.4. The Bertz CT molecular complexity index is 598. The molecule has 16 heavy (non-hydrogen) atoms. The van der Waals surface area contributed by atoms with Gasteiger partial charge in [-0.3, -0.25) is 4.79 Å². The number of hydrogen-bond acceptors (Lipinski definition) is 3. The van der Waals surface area contributed by atoms with Gasteiger partial charge in [0.05, 0.1) is 5.69 Å². The quantitative estimate of drug-likeness (QED) is 0.471. The van der Waals surface area contributed by atoms with E-state index in [-0.39, 0.29) is 11.5 Å². The summed E-state index contributed by atoms with van der Waals surface area (Å²) in [5.41, 5.74) is 9.19. The predicted octanol–water partition coefficient (Wildman–Crippen LogP) is 2.38. The number of azide groups is 1. The number of aromatic amines is 1. The van der Waals surface area contributed by atoms with Gasteiger partial charge in [-0.05, 0) is 10.6 Å². The van der Waals surface area contributed by atoms with Crippen molar-refractivity contribution in [1.29, 1.82) is 0 Å². The fourth-order valence-corrected chi connectivity index (χ4v) is 1.29. The summed E-state index contributed by atoms with van der Waals surface area (Å²) in [5.74, 6) is -0.0335. The van der Waals surface area contributed by atoms with Crippen LogP contribution in [-0.2, 0) is 0 Å². The maximum absolute atomic E-state index is 11.3. The van der Waals surface area contributed by atoms with Crippen LogP contribution in [0.2, 0.25) is 0 Å². The van der Waals surface area contributed by atoms with Crippen molar-refractivity contribution in [2.75, 3.05) is 0 Å². The van der Waals surface area contributed by atoms with Crippen molar-refractivity contribution in [3.8, 4) is 11.3 Å². The standard InChI is InChI=1S/C10H7N5O/c11-15-14-10-12-8(6-9(16)13-10)7-4-2-1-3-5-7/h1-6H,(H,12,13,16). The monoisotopic (exact) mass is 213 g/mol. The highest BCUT2D eigenvalue weighted by atomic mass is 16.1. The van der Waals surface area contributed by atoms with Crippen molar-refractivity contribution in [3.63, 3.8) is 0 Å². The molecule has 0 aliphatic carbocycles. The van der Waals surface area contributed by atoms with Gasteiger partial charge < -0.3 is 4.98 Å². The van der Waals surface area contributed by atoms with Gasteiger partial charge in [0.15, 0.2) is 5.95 Å². The van der Waals surface area contributed by atoms with Crippen LogP contribution in [0.5, 0.6) is 0 Å². The van der Waals surface area contributed by atoms with E-state index in [2.05, 4.69) is 20.0 Å². The summed E-state index contributed by atoms with van der Waals surface area (Å²) in [6, 6.07) is 10.5. The first-order valence-electron chi connectivity index (χ1n) is 4.51. The first kappa shape index (κ1) is 9.95. The van der Waals surface area contributed by atoms with Gasteiger partial charge in [0.2, 0.25) is 0 Å². The molecule has 6 nitrogen and oxygen atoms in total. The number of nitrogens with zero attached hydrogens (tertiary/aromatic N) is 4. The molecule has 0 unspecified atom stereocenters. The number of nitrogens with one attached hydrogen (secondary N) is 1. The molecular weight excluding hydrogens is 206 g/mol. The van der Waals surface area contributed by atoms with Gasteiger partial charge >= 0.3 is 0 Å². The van der Waals surface area contributed by atoms with Gasteiger partial charge in [0, 0.05) is 16.5 Å². The lowest BCUT2D eigenvalue weighted by Gasteiger charge is -2.00. The first-order valence-corrected chi connectivity index (χ1v) is 4.51. The third kappa shape index (κ3) is 2.08. The van der Waals surface area contributed by atoms with Crippen molar-refractivity contribution in [1.82, 2.24) is 9.97 Å². The molecule has 0 saturated carbocycles. The second-order valence-electron chi connectivity index (χ2n) is 3.01. The molecule has 0 fully saturated rings. The number of H-pyrrole nitrogens is 1. The van der Waals surface area contributed by atoms with Crippen molar-refractivity contribution in [3.05, 3.63) is 57.2 Å². The average Bonchev–Trinajstić information content (AvgIpc) is 2.30. The van der Waals surface area contributed by atoms with Crippen molar-refractivity contribution < 1.29 is 0 Å². The van der Waals surface area contributed by atoms with E-state index in [9.17, 15) is 4.79 Å². The van der Waals surface area contributed by atoms with Crippen LogP contribution in [0.4, 0.5) is 5.95 Å². The molecular formula is C10H7N5O. The average molecular weight is 213 g/mol. The van der Waals surface area contributed by atoms with Gasteiger partial charge in [0.1, 0.15) is 0 Å². The Morgan fingerprint density at radius 2 is 2.06 bits per heavy atom. The smallest absolute Gasteiger partial charge is 0.251 e. The molecule has 0 aliphatic rings. The highest BCUT2D eigenvalue weighted by Crippen LogP contribution is 2.16. The lowest BCUT2D eigenvalue weighted by Crippen LogP contribution is -2.05. The summed E-state index contributed by atoms with van der Waals surface area (Å²) >= 11 is 0. The van der Waals surface area contributed by atoms with E-state index in [0.717, 1.165) is 5.56 Å². The second-order valence-corrected chi connectivity index (χ2v) is 3.01. The SMILES string of the molecule is [N-]=[N+]=Nc1nc(-c2ccccc2)cc(=O)[nH]1. The van der Waals surface area contributed by atoms with E-state index in [1.54, 1.807) is 0 Å². The van der Waals surface area contributed by atoms with Crippen LogP contribution >= 0.6 is 0 Å². The molecule has 1 heterocycles.